The van der Waals surface area contributed by atoms with Crippen molar-refractivity contribution >= 4 is 28.2 Å². The lowest BCUT2D eigenvalue weighted by atomic mass is 10.2. The fraction of sp³-hybridized carbons (Fsp3) is 0.462. The van der Waals surface area contributed by atoms with E-state index in [2.05, 4.69) is 0 Å². The summed E-state index contributed by atoms with van der Waals surface area (Å²) in [5, 5.41) is 0. The minimum Gasteiger partial charge on any atom is -0.341 e. The Hall–Kier alpha value is -1.11. The van der Waals surface area contributed by atoms with E-state index in [0.717, 1.165) is 5.56 Å². The highest BCUT2D eigenvalue weighted by atomic mass is 35.5. The van der Waals surface area contributed by atoms with Crippen LogP contribution in [0.15, 0.2) is 29.2 Å². The molecule has 0 bridgehead atoms. The van der Waals surface area contributed by atoms with Crippen molar-refractivity contribution in [3.63, 3.8) is 0 Å². The summed E-state index contributed by atoms with van der Waals surface area (Å²) in [5.41, 5.74) is 6.46. The van der Waals surface area contributed by atoms with Crippen LogP contribution in [-0.2, 0) is 21.2 Å². The summed E-state index contributed by atoms with van der Waals surface area (Å²) < 4.78 is 22.6. The third-order valence-corrected chi connectivity index (χ3v) is 3.82. The Balaban J connectivity index is 0.00000361. The molecule has 7 heteroatoms. The molecule has 1 amide bonds. The van der Waals surface area contributed by atoms with Gasteiger partial charge in [0.2, 0.25) is 5.91 Å². The molecule has 0 saturated carbocycles. The van der Waals surface area contributed by atoms with E-state index >= 15 is 0 Å². The summed E-state index contributed by atoms with van der Waals surface area (Å²) >= 11 is 0. The van der Waals surface area contributed by atoms with Gasteiger partial charge in [0.25, 0.3) is 0 Å². The topological polar surface area (TPSA) is 80.5 Å². The highest BCUT2D eigenvalue weighted by Crippen LogP contribution is 2.12. The predicted octanol–water partition coefficient (Wildman–Crippen LogP) is 1.21. The maximum Gasteiger partial charge on any atom is 0.224 e. The van der Waals surface area contributed by atoms with Gasteiger partial charge in [-0.3, -0.25) is 4.79 Å². The lowest BCUT2D eigenvalue weighted by Crippen LogP contribution is -2.31. The zero-order valence-corrected chi connectivity index (χ0v) is 13.5. The second-order valence-corrected chi connectivity index (χ2v) is 6.86. The number of nitrogens with two attached hydrogens (primary N) is 1. The van der Waals surface area contributed by atoms with Crippen LogP contribution < -0.4 is 5.73 Å². The van der Waals surface area contributed by atoms with Crippen LogP contribution in [0.4, 0.5) is 0 Å². The standard InChI is InChI=1S/C13H20N2O3S.ClH/c1-10(14)8-13(16)15(2)9-11-4-6-12(7-5-11)19(3,17)18;/h4-7,10H,8-9,14H2,1-3H3;1H. The molecule has 1 atom stereocenters. The van der Waals surface area contributed by atoms with Crippen LogP contribution in [-0.4, -0.2) is 38.6 Å². The number of sulfone groups is 1. The van der Waals surface area contributed by atoms with Crippen LogP contribution in [0.25, 0.3) is 0 Å². The van der Waals surface area contributed by atoms with Crippen molar-refractivity contribution in [1.29, 1.82) is 0 Å². The van der Waals surface area contributed by atoms with Gasteiger partial charge in [-0.1, -0.05) is 12.1 Å². The molecule has 0 saturated heterocycles. The maximum atomic E-state index is 11.7. The van der Waals surface area contributed by atoms with Gasteiger partial charge in [0.15, 0.2) is 9.84 Å². The van der Waals surface area contributed by atoms with Crippen molar-refractivity contribution in [1.82, 2.24) is 4.90 Å². The zero-order chi connectivity index (χ0) is 14.6. The van der Waals surface area contributed by atoms with Crippen molar-refractivity contribution in [2.24, 2.45) is 5.73 Å². The van der Waals surface area contributed by atoms with E-state index in [1.807, 2.05) is 0 Å². The van der Waals surface area contributed by atoms with Gasteiger partial charge in [0.05, 0.1) is 4.90 Å². The van der Waals surface area contributed by atoms with Crippen molar-refractivity contribution in [2.75, 3.05) is 13.3 Å². The summed E-state index contributed by atoms with van der Waals surface area (Å²) in [7, 11) is -1.47. The molecule has 1 rings (SSSR count). The largest absolute Gasteiger partial charge is 0.341 e. The number of carbonyl (C=O) groups is 1. The Morgan fingerprint density at radius 1 is 1.30 bits per heavy atom. The van der Waals surface area contributed by atoms with Gasteiger partial charge in [-0.25, -0.2) is 8.42 Å². The first kappa shape index (κ1) is 18.9. The average Bonchev–Trinajstić information content (AvgIpc) is 2.27. The summed E-state index contributed by atoms with van der Waals surface area (Å²) in [6.07, 6.45) is 1.47. The Morgan fingerprint density at radius 2 is 1.80 bits per heavy atom. The molecule has 0 aliphatic heterocycles. The van der Waals surface area contributed by atoms with Gasteiger partial charge in [-0.05, 0) is 24.6 Å². The highest BCUT2D eigenvalue weighted by Gasteiger charge is 2.12. The van der Waals surface area contributed by atoms with E-state index in [1.165, 1.54) is 6.26 Å². The number of halogens is 1. The van der Waals surface area contributed by atoms with Crippen molar-refractivity contribution in [3.05, 3.63) is 29.8 Å². The predicted molar refractivity (Wildman–Crippen MR) is 81.5 cm³/mol. The van der Waals surface area contributed by atoms with Crippen LogP contribution in [0.1, 0.15) is 18.9 Å². The molecule has 2 N–H and O–H groups in total. The summed E-state index contributed by atoms with van der Waals surface area (Å²) in [5.74, 6) is -0.0258. The molecular formula is C13H21ClN2O3S. The van der Waals surface area contributed by atoms with Gasteiger partial charge >= 0.3 is 0 Å². The van der Waals surface area contributed by atoms with Gasteiger partial charge in [0, 0.05) is 32.3 Å². The fourth-order valence-electron chi connectivity index (χ4n) is 1.64. The first-order valence-electron chi connectivity index (χ1n) is 5.98. The molecular weight excluding hydrogens is 300 g/mol. The Morgan fingerprint density at radius 3 is 2.20 bits per heavy atom. The first-order valence-corrected chi connectivity index (χ1v) is 7.88. The molecule has 0 aliphatic rings. The van der Waals surface area contributed by atoms with Crippen molar-refractivity contribution in [2.45, 2.75) is 30.8 Å². The third-order valence-electron chi connectivity index (χ3n) is 2.69. The quantitative estimate of drug-likeness (QED) is 0.884. The zero-order valence-electron chi connectivity index (χ0n) is 11.9. The summed E-state index contributed by atoms with van der Waals surface area (Å²) in [6, 6.07) is 6.36. The van der Waals surface area contributed by atoms with Crippen LogP contribution in [0.5, 0.6) is 0 Å². The number of carbonyl (C=O) groups excluding carboxylic acids is 1. The summed E-state index contributed by atoms with van der Waals surface area (Å²) in [6.45, 7) is 2.22. The molecule has 5 nitrogen and oxygen atoms in total. The number of benzene rings is 1. The number of nitrogens with zero attached hydrogens (tertiary/aromatic N) is 1. The summed E-state index contributed by atoms with van der Waals surface area (Å²) in [4.78, 5) is 13.6. The Kier molecular flexibility index (Phi) is 7.19. The maximum absolute atomic E-state index is 11.7. The minimum atomic E-state index is -3.18. The molecule has 1 aromatic carbocycles. The number of amides is 1. The molecule has 0 aromatic heterocycles. The SMILES string of the molecule is CC(N)CC(=O)N(C)Cc1ccc(S(C)(=O)=O)cc1.Cl. The smallest absolute Gasteiger partial charge is 0.224 e. The Labute approximate surface area is 126 Å². The van der Waals surface area contributed by atoms with E-state index in [4.69, 9.17) is 5.73 Å². The first-order chi connectivity index (χ1) is 8.70. The molecule has 0 heterocycles. The molecule has 20 heavy (non-hydrogen) atoms. The number of hydrogen-bond donors (Lipinski definition) is 1. The fourth-order valence-corrected chi connectivity index (χ4v) is 2.27. The van der Waals surface area contributed by atoms with Gasteiger partial charge in [0.1, 0.15) is 0 Å². The normalized spacial score (nSPS) is 12.4. The van der Waals surface area contributed by atoms with E-state index in [-0.39, 0.29) is 29.3 Å². The number of rotatable bonds is 5. The minimum absolute atomic E-state index is 0. The molecule has 1 aromatic rings. The molecule has 0 fully saturated rings. The van der Waals surface area contributed by atoms with E-state index in [9.17, 15) is 13.2 Å². The molecule has 114 valence electrons. The van der Waals surface area contributed by atoms with Crippen molar-refractivity contribution in [3.8, 4) is 0 Å². The molecule has 0 aliphatic carbocycles. The Bertz CT molecular complexity index is 541. The monoisotopic (exact) mass is 320 g/mol. The molecule has 1 unspecified atom stereocenters. The number of hydrogen-bond acceptors (Lipinski definition) is 4. The average molecular weight is 321 g/mol. The third kappa shape index (κ3) is 5.90. The van der Waals surface area contributed by atoms with Gasteiger partial charge in [-0.2, -0.15) is 0 Å². The molecule has 0 spiro atoms. The van der Waals surface area contributed by atoms with Crippen LogP contribution >= 0.6 is 12.4 Å². The van der Waals surface area contributed by atoms with Crippen LogP contribution in [0.3, 0.4) is 0 Å². The van der Waals surface area contributed by atoms with Crippen molar-refractivity contribution < 1.29 is 13.2 Å². The second-order valence-electron chi connectivity index (χ2n) is 4.85. The van der Waals surface area contributed by atoms with Gasteiger partial charge in [-0.15, -0.1) is 12.4 Å². The lowest BCUT2D eigenvalue weighted by molar-refractivity contribution is -0.130. The lowest BCUT2D eigenvalue weighted by Gasteiger charge is -2.18. The van der Waals surface area contributed by atoms with Crippen LogP contribution in [0, 0.1) is 0 Å². The highest BCUT2D eigenvalue weighted by molar-refractivity contribution is 7.90. The van der Waals surface area contributed by atoms with Crippen LogP contribution in [0.2, 0.25) is 0 Å². The van der Waals surface area contributed by atoms with E-state index < -0.39 is 9.84 Å². The van der Waals surface area contributed by atoms with E-state index in [1.54, 1.807) is 43.1 Å². The molecule has 0 radical (unpaired) electrons. The second kappa shape index (κ2) is 7.61. The van der Waals surface area contributed by atoms with E-state index in [0.29, 0.717) is 13.0 Å². The van der Waals surface area contributed by atoms with Gasteiger partial charge < -0.3 is 10.6 Å².